The molecular weight excluding hydrogens is 705 g/mol. The zero-order valence-electron chi connectivity index (χ0n) is 26.1. The zero-order valence-corrected chi connectivity index (χ0v) is 27.7. The highest BCUT2D eigenvalue weighted by molar-refractivity contribution is 7.22. The van der Waals surface area contributed by atoms with E-state index in [1.54, 1.807) is 48.5 Å². The fourth-order valence-corrected chi connectivity index (χ4v) is 7.99. The summed E-state index contributed by atoms with van der Waals surface area (Å²) < 4.78 is 91.1. The van der Waals surface area contributed by atoms with E-state index >= 15 is 0 Å². The Balaban J connectivity index is 1.46. The SMILES string of the molecule is CCN(CC)c1ccc([C@H](c2c(C(F)(F)F)[nH]n(-c3nc4ccccc4s3)c2=O)[C@H]2C(=O)N(c3nc4ccccc4s3)N=C2C(F)(F)F)cc1. The Labute approximate surface area is 287 Å². The average molecular weight is 730 g/mol. The Morgan fingerprint density at radius 3 is 1.90 bits per heavy atom. The molecule has 9 nitrogen and oxygen atoms in total. The Hall–Kier alpha value is -5.03. The fraction of sp³-hybridized carbons (Fsp3) is 0.242. The normalized spacial score (nSPS) is 16.1. The number of thiazole rings is 2. The molecular formula is C33H25F6N7O2S2. The molecule has 3 aromatic heterocycles. The van der Waals surface area contributed by atoms with Gasteiger partial charge in [0.05, 0.1) is 26.0 Å². The van der Waals surface area contributed by atoms with Crippen LogP contribution in [0.4, 0.5) is 37.2 Å². The van der Waals surface area contributed by atoms with Crippen LogP contribution in [0, 0.1) is 5.92 Å². The number of halogens is 6. The number of H-pyrrole nitrogens is 1. The summed E-state index contributed by atoms with van der Waals surface area (Å²) >= 11 is 1.81. The molecule has 17 heteroatoms. The number of hydrogen-bond acceptors (Lipinski definition) is 8. The van der Waals surface area contributed by atoms with Gasteiger partial charge in [-0.25, -0.2) is 9.97 Å². The molecule has 50 heavy (non-hydrogen) atoms. The van der Waals surface area contributed by atoms with E-state index in [4.69, 9.17) is 0 Å². The van der Waals surface area contributed by atoms with E-state index in [0.717, 1.165) is 22.7 Å². The number of hydrogen-bond donors (Lipinski definition) is 1. The maximum absolute atomic E-state index is 14.9. The molecule has 4 heterocycles. The number of carbonyl (C=O) groups is 1. The van der Waals surface area contributed by atoms with Crippen molar-refractivity contribution in [2.75, 3.05) is 23.0 Å². The van der Waals surface area contributed by atoms with Crippen molar-refractivity contribution in [1.29, 1.82) is 0 Å². The van der Waals surface area contributed by atoms with Crippen molar-refractivity contribution < 1.29 is 31.1 Å². The third-order valence-corrected chi connectivity index (χ3v) is 10.5. The van der Waals surface area contributed by atoms with E-state index in [1.165, 1.54) is 24.3 Å². The number of nitrogens with zero attached hydrogens (tertiary/aromatic N) is 6. The zero-order chi connectivity index (χ0) is 35.5. The summed E-state index contributed by atoms with van der Waals surface area (Å²) in [6.07, 6.45) is -10.5. The van der Waals surface area contributed by atoms with Crippen LogP contribution >= 0.6 is 22.7 Å². The number of carbonyl (C=O) groups excluding carboxylic acids is 1. The number of para-hydroxylation sites is 2. The fourth-order valence-electron chi connectivity index (χ4n) is 6.14. The van der Waals surface area contributed by atoms with E-state index in [-0.39, 0.29) is 15.8 Å². The number of fused-ring (bicyclic) bond motifs is 2. The van der Waals surface area contributed by atoms with Gasteiger partial charge in [0.25, 0.3) is 11.5 Å². The van der Waals surface area contributed by atoms with Crippen LogP contribution in [0.15, 0.2) is 82.7 Å². The van der Waals surface area contributed by atoms with Crippen LogP contribution in [-0.4, -0.2) is 50.6 Å². The van der Waals surface area contributed by atoms with Crippen molar-refractivity contribution in [3.8, 4) is 5.13 Å². The lowest BCUT2D eigenvalue weighted by Crippen LogP contribution is -2.39. The lowest BCUT2D eigenvalue weighted by atomic mass is 9.77. The Morgan fingerprint density at radius 2 is 1.36 bits per heavy atom. The first-order chi connectivity index (χ1) is 23.8. The highest BCUT2D eigenvalue weighted by Gasteiger charge is 2.56. The summed E-state index contributed by atoms with van der Waals surface area (Å²) in [5.41, 5.74) is -4.33. The molecule has 0 radical (unpaired) electrons. The van der Waals surface area contributed by atoms with Crippen molar-refractivity contribution in [3.63, 3.8) is 0 Å². The van der Waals surface area contributed by atoms with Crippen LogP contribution in [0.3, 0.4) is 0 Å². The minimum absolute atomic E-state index is 0.125. The number of aromatic amines is 1. The average Bonchev–Trinajstić information content (AvgIpc) is 3.85. The summed E-state index contributed by atoms with van der Waals surface area (Å²) in [4.78, 5) is 38.9. The maximum Gasteiger partial charge on any atom is 0.433 e. The van der Waals surface area contributed by atoms with Crippen molar-refractivity contribution in [2.24, 2.45) is 11.0 Å². The van der Waals surface area contributed by atoms with Crippen molar-refractivity contribution in [2.45, 2.75) is 32.1 Å². The minimum Gasteiger partial charge on any atom is -0.372 e. The van der Waals surface area contributed by atoms with E-state index in [0.29, 0.717) is 48.9 Å². The van der Waals surface area contributed by atoms with E-state index < -0.39 is 52.6 Å². The third kappa shape index (κ3) is 5.73. The number of aromatic nitrogens is 4. The lowest BCUT2D eigenvalue weighted by molar-refractivity contribution is -0.142. The molecule has 3 aromatic carbocycles. The van der Waals surface area contributed by atoms with Gasteiger partial charge >= 0.3 is 12.4 Å². The monoisotopic (exact) mass is 729 g/mol. The molecule has 1 N–H and O–H groups in total. The molecule has 1 amide bonds. The summed E-state index contributed by atoms with van der Waals surface area (Å²) in [5, 5.41) is 5.84. The third-order valence-electron chi connectivity index (χ3n) is 8.44. The summed E-state index contributed by atoms with van der Waals surface area (Å²) in [5.74, 6) is -5.74. The van der Waals surface area contributed by atoms with Crippen molar-refractivity contribution in [3.05, 3.63) is 100.0 Å². The smallest absolute Gasteiger partial charge is 0.372 e. The van der Waals surface area contributed by atoms with Gasteiger partial charge in [-0.2, -0.15) is 41.1 Å². The second-order valence-corrected chi connectivity index (χ2v) is 13.3. The first-order valence-corrected chi connectivity index (χ1v) is 16.9. The largest absolute Gasteiger partial charge is 0.433 e. The molecule has 2 atom stereocenters. The molecule has 1 aliphatic rings. The van der Waals surface area contributed by atoms with Gasteiger partial charge in [-0.15, -0.1) is 0 Å². The molecule has 6 aromatic rings. The summed E-state index contributed by atoms with van der Waals surface area (Å²) in [6, 6.07) is 19.0. The number of anilines is 2. The first-order valence-electron chi connectivity index (χ1n) is 15.3. The van der Waals surface area contributed by atoms with E-state index in [2.05, 4.69) is 20.2 Å². The van der Waals surface area contributed by atoms with E-state index in [1.807, 2.05) is 18.7 Å². The van der Waals surface area contributed by atoms with Crippen LogP contribution in [0.25, 0.3) is 25.6 Å². The minimum atomic E-state index is -5.27. The summed E-state index contributed by atoms with van der Waals surface area (Å²) in [7, 11) is 0. The Kier molecular flexibility index (Phi) is 8.29. The number of amides is 1. The van der Waals surface area contributed by atoms with Gasteiger partial charge < -0.3 is 4.90 Å². The van der Waals surface area contributed by atoms with Crippen LogP contribution in [-0.2, 0) is 11.0 Å². The van der Waals surface area contributed by atoms with Crippen LogP contribution in [0.5, 0.6) is 0 Å². The van der Waals surface area contributed by atoms with Crippen LogP contribution < -0.4 is 15.5 Å². The Bertz CT molecular complexity index is 2250. The highest BCUT2D eigenvalue weighted by Crippen LogP contribution is 2.46. The molecule has 258 valence electrons. The van der Waals surface area contributed by atoms with Gasteiger partial charge in [-0.05, 0) is 55.8 Å². The Morgan fingerprint density at radius 1 is 0.800 bits per heavy atom. The first kappa shape index (κ1) is 33.5. The molecule has 0 aliphatic carbocycles. The second kappa shape index (κ2) is 12.4. The van der Waals surface area contributed by atoms with Gasteiger partial charge in [0.2, 0.25) is 10.3 Å². The van der Waals surface area contributed by atoms with Gasteiger partial charge in [0.1, 0.15) is 11.6 Å². The van der Waals surface area contributed by atoms with Crippen molar-refractivity contribution >= 4 is 65.5 Å². The standard InChI is InChI=1S/C33H25F6N7O2S2/c1-3-44(4-2)18-15-13-17(14-16-18)23(24-26(32(34,35)36)42-45(28(24)47)30-40-19-9-5-7-11-21(19)49-30)25-27(33(37,38)39)43-46(29(25)48)31-41-20-10-6-8-12-22(20)50-31/h5-16,23-24,43H,3-4H2,1-2H3/t23-,24+/m0/s1. The molecule has 0 fully saturated rings. The number of benzene rings is 3. The molecule has 0 spiro atoms. The molecule has 0 bridgehead atoms. The predicted octanol–water partition coefficient (Wildman–Crippen LogP) is 7.96. The number of alkyl halides is 6. The number of nitrogens with one attached hydrogen (secondary N) is 1. The van der Waals surface area contributed by atoms with Gasteiger partial charge in [-0.3, -0.25) is 14.7 Å². The molecule has 1 aliphatic heterocycles. The van der Waals surface area contributed by atoms with Gasteiger partial charge in [0, 0.05) is 24.7 Å². The van der Waals surface area contributed by atoms with Gasteiger partial charge in [-0.1, -0.05) is 59.1 Å². The maximum atomic E-state index is 14.9. The van der Waals surface area contributed by atoms with Gasteiger partial charge in [0.15, 0.2) is 5.71 Å². The quantitative estimate of drug-likeness (QED) is 0.160. The molecule has 0 unspecified atom stereocenters. The number of hydrazone groups is 1. The highest BCUT2D eigenvalue weighted by atomic mass is 32.1. The van der Waals surface area contributed by atoms with Crippen molar-refractivity contribution in [1.82, 2.24) is 19.7 Å². The molecule has 7 rings (SSSR count). The number of rotatable bonds is 8. The van der Waals surface area contributed by atoms with E-state index in [9.17, 15) is 35.9 Å². The predicted molar refractivity (Wildman–Crippen MR) is 181 cm³/mol. The topological polar surface area (TPSA) is 99.5 Å². The lowest BCUT2D eigenvalue weighted by Gasteiger charge is -2.26. The molecule has 0 saturated heterocycles. The van der Waals surface area contributed by atoms with Crippen LogP contribution in [0.2, 0.25) is 0 Å². The second-order valence-electron chi connectivity index (χ2n) is 11.3. The van der Waals surface area contributed by atoms with Crippen LogP contribution in [0.1, 0.15) is 36.6 Å². The summed E-state index contributed by atoms with van der Waals surface area (Å²) in [6.45, 7) is 4.93. The molecule has 0 saturated carbocycles.